The molecule has 5 nitrogen and oxygen atoms in total. The average Bonchev–Trinajstić information content (AvgIpc) is 2.46. The summed E-state index contributed by atoms with van der Waals surface area (Å²) in [5.74, 6) is 0. The molecule has 0 bridgehead atoms. The maximum atomic E-state index is 11.1. The Morgan fingerprint density at radius 3 is 2.86 bits per heavy atom. The molecule has 0 aliphatic heterocycles. The highest BCUT2D eigenvalue weighted by molar-refractivity contribution is 5.47. The molecule has 0 aromatic carbocycles. The van der Waals surface area contributed by atoms with Gasteiger partial charge in [0.15, 0.2) is 0 Å². The van der Waals surface area contributed by atoms with E-state index in [0.29, 0.717) is 17.7 Å². The summed E-state index contributed by atoms with van der Waals surface area (Å²) in [5, 5.41) is 14.4. The Balaban J connectivity index is 1.90. The van der Waals surface area contributed by atoms with Crippen molar-refractivity contribution in [1.82, 2.24) is 10.3 Å². The molecule has 0 radical (unpaired) electrons. The van der Waals surface area contributed by atoms with Gasteiger partial charge in [-0.25, -0.2) is 0 Å². The van der Waals surface area contributed by atoms with Crippen LogP contribution in [0.5, 0.6) is 0 Å². The molecule has 1 aromatic rings. The molecule has 0 atom stereocenters. The van der Waals surface area contributed by atoms with E-state index in [1.165, 1.54) is 31.3 Å². The number of rotatable bonds is 6. The van der Waals surface area contributed by atoms with Crippen LogP contribution in [0.1, 0.15) is 48.9 Å². The summed E-state index contributed by atoms with van der Waals surface area (Å²) in [5.41, 5.74) is 3.79. The van der Waals surface area contributed by atoms with Crippen molar-refractivity contribution in [2.45, 2.75) is 52.5 Å². The summed E-state index contributed by atoms with van der Waals surface area (Å²) in [6, 6.07) is 0. The van der Waals surface area contributed by atoms with Crippen molar-refractivity contribution in [1.29, 1.82) is 0 Å². The fraction of sp³-hybridized carbons (Fsp3) is 0.562. The highest BCUT2D eigenvalue weighted by Crippen LogP contribution is 2.24. The minimum Gasteiger partial charge on any atom is -0.311 e. The van der Waals surface area contributed by atoms with E-state index in [4.69, 9.17) is 0 Å². The van der Waals surface area contributed by atoms with Gasteiger partial charge in [0, 0.05) is 23.9 Å². The molecule has 0 saturated heterocycles. The van der Waals surface area contributed by atoms with E-state index in [-0.39, 0.29) is 10.6 Å². The average molecular weight is 289 g/mol. The summed E-state index contributed by atoms with van der Waals surface area (Å²) >= 11 is 0. The van der Waals surface area contributed by atoms with Gasteiger partial charge in [-0.2, -0.15) is 0 Å². The van der Waals surface area contributed by atoms with Gasteiger partial charge in [0.1, 0.15) is 0 Å². The Morgan fingerprint density at radius 2 is 2.19 bits per heavy atom. The van der Waals surface area contributed by atoms with Crippen LogP contribution in [0.3, 0.4) is 0 Å². The van der Waals surface area contributed by atoms with E-state index in [0.717, 1.165) is 18.7 Å². The summed E-state index contributed by atoms with van der Waals surface area (Å²) in [6.07, 6.45) is 10.0. The third-order valence-corrected chi connectivity index (χ3v) is 4.06. The Morgan fingerprint density at radius 1 is 1.38 bits per heavy atom. The lowest BCUT2D eigenvalue weighted by atomic mass is 9.97. The van der Waals surface area contributed by atoms with Crippen LogP contribution < -0.4 is 5.32 Å². The number of aromatic nitrogens is 1. The van der Waals surface area contributed by atoms with Crippen LogP contribution in [0, 0.1) is 24.0 Å². The van der Waals surface area contributed by atoms with Crippen molar-refractivity contribution in [3.05, 3.63) is 44.8 Å². The van der Waals surface area contributed by atoms with Gasteiger partial charge in [0.2, 0.25) is 0 Å². The van der Waals surface area contributed by atoms with Gasteiger partial charge in [-0.05, 0) is 52.5 Å². The standard InChI is InChI=1S/C16H23N3O2/c1-12-10-18-15(13(2)16(12)19(20)21)11-17-9-8-14-6-4-3-5-7-14/h6,10,17H,3-5,7-9,11H2,1-2H3. The van der Waals surface area contributed by atoms with E-state index in [2.05, 4.69) is 16.4 Å². The van der Waals surface area contributed by atoms with Crippen molar-refractivity contribution in [3.8, 4) is 0 Å². The van der Waals surface area contributed by atoms with Crippen LogP contribution in [0.2, 0.25) is 0 Å². The van der Waals surface area contributed by atoms with Gasteiger partial charge in [0.25, 0.3) is 5.69 Å². The Labute approximate surface area is 125 Å². The van der Waals surface area contributed by atoms with E-state index >= 15 is 0 Å². The molecule has 0 saturated carbocycles. The van der Waals surface area contributed by atoms with Crippen LogP contribution in [0.25, 0.3) is 0 Å². The number of allylic oxidation sites excluding steroid dienone is 1. The van der Waals surface area contributed by atoms with Gasteiger partial charge in [0.05, 0.1) is 10.6 Å². The molecule has 0 unspecified atom stereocenters. The third kappa shape index (κ3) is 4.11. The molecule has 2 rings (SSSR count). The van der Waals surface area contributed by atoms with Crippen molar-refractivity contribution < 1.29 is 4.92 Å². The number of aryl methyl sites for hydroxylation is 1. The molecule has 0 spiro atoms. The number of pyridine rings is 1. The second-order valence-electron chi connectivity index (χ2n) is 5.65. The fourth-order valence-electron chi connectivity index (χ4n) is 2.81. The topological polar surface area (TPSA) is 68.1 Å². The fourth-order valence-corrected chi connectivity index (χ4v) is 2.81. The summed E-state index contributed by atoms with van der Waals surface area (Å²) < 4.78 is 0. The Hall–Kier alpha value is -1.75. The second-order valence-corrected chi connectivity index (χ2v) is 5.65. The van der Waals surface area contributed by atoms with Crippen LogP contribution in [0.15, 0.2) is 17.8 Å². The van der Waals surface area contributed by atoms with Gasteiger partial charge in [-0.1, -0.05) is 11.6 Å². The van der Waals surface area contributed by atoms with Gasteiger partial charge in [-0.3, -0.25) is 15.1 Å². The number of nitrogens with one attached hydrogen (secondary N) is 1. The highest BCUT2D eigenvalue weighted by Gasteiger charge is 2.18. The van der Waals surface area contributed by atoms with Crippen molar-refractivity contribution in [3.63, 3.8) is 0 Å². The molecule has 1 aromatic heterocycles. The lowest BCUT2D eigenvalue weighted by Gasteiger charge is -2.13. The van der Waals surface area contributed by atoms with E-state index in [1.807, 2.05) is 0 Å². The molecule has 1 heterocycles. The molecular formula is C16H23N3O2. The Bertz CT molecular complexity index is 553. The normalized spacial score (nSPS) is 14.9. The number of nitro groups is 1. The zero-order valence-corrected chi connectivity index (χ0v) is 12.8. The molecule has 0 amide bonds. The monoisotopic (exact) mass is 289 g/mol. The molecule has 0 fully saturated rings. The maximum absolute atomic E-state index is 11.1. The van der Waals surface area contributed by atoms with Gasteiger partial charge >= 0.3 is 0 Å². The van der Waals surface area contributed by atoms with E-state index < -0.39 is 0 Å². The molecule has 1 aliphatic rings. The predicted octanol–water partition coefficient (Wildman–Crippen LogP) is 3.59. The first-order valence-electron chi connectivity index (χ1n) is 7.57. The first-order chi connectivity index (χ1) is 10.1. The predicted molar refractivity (Wildman–Crippen MR) is 83.2 cm³/mol. The van der Waals surface area contributed by atoms with E-state index in [1.54, 1.807) is 20.0 Å². The smallest absolute Gasteiger partial charge is 0.278 e. The molecule has 21 heavy (non-hydrogen) atoms. The molecule has 5 heteroatoms. The van der Waals surface area contributed by atoms with Gasteiger partial charge < -0.3 is 5.32 Å². The lowest BCUT2D eigenvalue weighted by Crippen LogP contribution is -2.18. The molecular weight excluding hydrogens is 266 g/mol. The van der Waals surface area contributed by atoms with Crippen LogP contribution >= 0.6 is 0 Å². The van der Waals surface area contributed by atoms with Crippen molar-refractivity contribution in [2.24, 2.45) is 0 Å². The number of hydrogen-bond donors (Lipinski definition) is 1. The highest BCUT2D eigenvalue weighted by atomic mass is 16.6. The largest absolute Gasteiger partial charge is 0.311 e. The minimum absolute atomic E-state index is 0.191. The van der Waals surface area contributed by atoms with Crippen molar-refractivity contribution in [2.75, 3.05) is 6.54 Å². The van der Waals surface area contributed by atoms with Crippen LogP contribution in [-0.2, 0) is 6.54 Å². The zero-order valence-electron chi connectivity index (χ0n) is 12.8. The first kappa shape index (κ1) is 15.6. The maximum Gasteiger partial charge on any atom is 0.278 e. The number of nitrogens with zero attached hydrogens (tertiary/aromatic N) is 2. The van der Waals surface area contributed by atoms with Gasteiger partial charge in [-0.15, -0.1) is 0 Å². The molecule has 114 valence electrons. The third-order valence-electron chi connectivity index (χ3n) is 4.06. The SMILES string of the molecule is Cc1cnc(CNCCC2=CCCCC2)c(C)c1[N+](=O)[O-]. The summed E-state index contributed by atoms with van der Waals surface area (Å²) in [4.78, 5) is 15.1. The summed E-state index contributed by atoms with van der Waals surface area (Å²) in [7, 11) is 0. The Kier molecular flexibility index (Phi) is 5.44. The summed E-state index contributed by atoms with van der Waals surface area (Å²) in [6.45, 7) is 4.98. The lowest BCUT2D eigenvalue weighted by molar-refractivity contribution is -0.386. The quantitative estimate of drug-likeness (QED) is 0.376. The molecule has 1 N–H and O–H groups in total. The zero-order chi connectivity index (χ0) is 15.2. The minimum atomic E-state index is -0.317. The first-order valence-corrected chi connectivity index (χ1v) is 7.57. The molecule has 1 aliphatic carbocycles. The van der Waals surface area contributed by atoms with Crippen LogP contribution in [-0.4, -0.2) is 16.5 Å². The number of hydrogen-bond acceptors (Lipinski definition) is 4. The van der Waals surface area contributed by atoms with E-state index in [9.17, 15) is 10.1 Å². The van der Waals surface area contributed by atoms with Crippen molar-refractivity contribution >= 4 is 5.69 Å². The van der Waals surface area contributed by atoms with Crippen LogP contribution in [0.4, 0.5) is 5.69 Å². The second kappa shape index (κ2) is 7.31.